The highest BCUT2D eigenvalue weighted by molar-refractivity contribution is 6.31. The van der Waals surface area contributed by atoms with Crippen LogP contribution in [0.2, 0.25) is 5.02 Å². The monoisotopic (exact) mass is 260 g/mol. The van der Waals surface area contributed by atoms with Gasteiger partial charge in [-0.05, 0) is 24.0 Å². The predicted molar refractivity (Wildman–Crippen MR) is 74.0 cm³/mol. The fraction of sp³-hybridized carbons (Fsp3) is 0.400. The van der Waals surface area contributed by atoms with Crippen molar-refractivity contribution in [2.75, 3.05) is 0 Å². The lowest BCUT2D eigenvalue weighted by Crippen LogP contribution is -2.17. The highest BCUT2D eigenvalue weighted by Gasteiger charge is 2.17. The van der Waals surface area contributed by atoms with Crippen LogP contribution < -0.4 is 0 Å². The molecule has 3 heteroatoms. The molecule has 1 aliphatic heterocycles. The maximum absolute atomic E-state index is 6.19. The Hall–Kier alpha value is -1.28. The lowest BCUT2D eigenvalue weighted by molar-refractivity contribution is 0.394. The van der Waals surface area contributed by atoms with Crippen LogP contribution >= 0.6 is 11.6 Å². The molecule has 1 aromatic heterocycles. The molecule has 18 heavy (non-hydrogen) atoms. The predicted octanol–water partition coefficient (Wildman–Crippen LogP) is 3.71. The van der Waals surface area contributed by atoms with Gasteiger partial charge in [-0.15, -0.1) is 0 Å². The molecule has 0 aliphatic carbocycles. The third kappa shape index (κ3) is 2.30. The minimum atomic E-state index is 0.764. The first-order chi connectivity index (χ1) is 8.72. The SMILES string of the molecule is CC1CCc2nc(Cc3ccccc3Cl)cn2C1. The molecule has 0 N–H and O–H groups in total. The van der Waals surface area contributed by atoms with E-state index < -0.39 is 0 Å². The van der Waals surface area contributed by atoms with Crippen molar-refractivity contribution in [3.8, 4) is 0 Å². The largest absolute Gasteiger partial charge is 0.334 e. The maximum atomic E-state index is 6.19. The van der Waals surface area contributed by atoms with Crippen LogP contribution in [0.3, 0.4) is 0 Å². The molecule has 0 saturated heterocycles. The Bertz CT molecular complexity index is 559. The van der Waals surface area contributed by atoms with E-state index in [1.165, 1.54) is 12.2 Å². The molecule has 3 rings (SSSR count). The molecule has 0 amide bonds. The minimum absolute atomic E-state index is 0.764. The number of halogens is 1. The normalized spacial score (nSPS) is 18.7. The van der Waals surface area contributed by atoms with Gasteiger partial charge in [-0.3, -0.25) is 0 Å². The van der Waals surface area contributed by atoms with Gasteiger partial charge >= 0.3 is 0 Å². The molecule has 0 bridgehead atoms. The van der Waals surface area contributed by atoms with Crippen LogP contribution in [-0.4, -0.2) is 9.55 Å². The van der Waals surface area contributed by atoms with Gasteiger partial charge in [-0.25, -0.2) is 4.98 Å². The Morgan fingerprint density at radius 1 is 1.39 bits per heavy atom. The Kier molecular flexibility index (Phi) is 3.13. The molecule has 0 radical (unpaired) electrons. The number of imidazole rings is 1. The lowest BCUT2D eigenvalue weighted by Gasteiger charge is -2.19. The molecule has 0 fully saturated rings. The molecule has 1 aromatic carbocycles. The van der Waals surface area contributed by atoms with E-state index in [-0.39, 0.29) is 0 Å². The van der Waals surface area contributed by atoms with Crippen LogP contribution in [0, 0.1) is 5.92 Å². The van der Waals surface area contributed by atoms with Crippen LogP contribution in [0.4, 0.5) is 0 Å². The summed E-state index contributed by atoms with van der Waals surface area (Å²) < 4.78 is 2.31. The molecule has 2 aromatic rings. The number of rotatable bonds is 2. The first kappa shape index (κ1) is 11.8. The fourth-order valence-corrected chi connectivity index (χ4v) is 2.80. The summed E-state index contributed by atoms with van der Waals surface area (Å²) in [6.07, 6.45) is 5.37. The first-order valence-corrected chi connectivity index (χ1v) is 6.88. The van der Waals surface area contributed by atoms with Crippen LogP contribution in [0.5, 0.6) is 0 Å². The van der Waals surface area contributed by atoms with E-state index in [2.05, 4.69) is 23.8 Å². The van der Waals surface area contributed by atoms with Crippen molar-refractivity contribution in [2.24, 2.45) is 5.92 Å². The van der Waals surface area contributed by atoms with Gasteiger partial charge in [0.2, 0.25) is 0 Å². The zero-order valence-corrected chi connectivity index (χ0v) is 11.3. The van der Waals surface area contributed by atoms with E-state index in [0.717, 1.165) is 41.6 Å². The second-order valence-corrected chi connectivity index (χ2v) is 5.62. The van der Waals surface area contributed by atoms with Crippen molar-refractivity contribution < 1.29 is 0 Å². The van der Waals surface area contributed by atoms with E-state index in [1.807, 2.05) is 18.2 Å². The molecular formula is C15H17ClN2. The molecule has 2 heterocycles. The van der Waals surface area contributed by atoms with Crippen LogP contribution in [-0.2, 0) is 19.4 Å². The standard InChI is InChI=1S/C15H17ClN2/c1-11-6-7-15-17-13(10-18(15)9-11)8-12-4-2-3-5-14(12)16/h2-5,10-11H,6-9H2,1H3. The van der Waals surface area contributed by atoms with Gasteiger partial charge in [0.15, 0.2) is 0 Å². The summed E-state index contributed by atoms with van der Waals surface area (Å²) in [5.74, 6) is 2.00. The van der Waals surface area contributed by atoms with Gasteiger partial charge in [-0.1, -0.05) is 36.7 Å². The smallest absolute Gasteiger partial charge is 0.108 e. The van der Waals surface area contributed by atoms with E-state index in [1.54, 1.807) is 0 Å². The summed E-state index contributed by atoms with van der Waals surface area (Å²) in [5, 5.41) is 0.830. The average molecular weight is 261 g/mol. The van der Waals surface area contributed by atoms with Crippen molar-refractivity contribution in [1.29, 1.82) is 0 Å². The van der Waals surface area contributed by atoms with Gasteiger partial charge < -0.3 is 4.57 Å². The quantitative estimate of drug-likeness (QED) is 0.805. The Morgan fingerprint density at radius 2 is 2.22 bits per heavy atom. The number of nitrogens with zero attached hydrogens (tertiary/aromatic N) is 2. The van der Waals surface area contributed by atoms with Crippen molar-refractivity contribution >= 4 is 11.6 Å². The lowest BCUT2D eigenvalue weighted by atomic mass is 10.0. The molecule has 0 spiro atoms. The van der Waals surface area contributed by atoms with E-state index in [0.29, 0.717) is 0 Å². The molecule has 1 aliphatic rings. The number of aromatic nitrogens is 2. The van der Waals surface area contributed by atoms with Crippen molar-refractivity contribution in [1.82, 2.24) is 9.55 Å². The number of aryl methyl sites for hydroxylation is 1. The second-order valence-electron chi connectivity index (χ2n) is 5.21. The molecule has 2 nitrogen and oxygen atoms in total. The molecule has 94 valence electrons. The number of hydrogen-bond acceptors (Lipinski definition) is 1. The van der Waals surface area contributed by atoms with Crippen molar-refractivity contribution in [2.45, 2.75) is 32.7 Å². The van der Waals surface area contributed by atoms with Crippen molar-refractivity contribution in [3.63, 3.8) is 0 Å². The van der Waals surface area contributed by atoms with Crippen molar-refractivity contribution in [3.05, 3.63) is 52.6 Å². The minimum Gasteiger partial charge on any atom is -0.334 e. The first-order valence-electron chi connectivity index (χ1n) is 6.50. The van der Waals surface area contributed by atoms with Crippen LogP contribution in [0.25, 0.3) is 0 Å². The zero-order valence-electron chi connectivity index (χ0n) is 10.6. The molecule has 1 unspecified atom stereocenters. The third-order valence-corrected chi connectivity index (χ3v) is 3.98. The van der Waals surface area contributed by atoms with Crippen LogP contribution in [0.1, 0.15) is 30.4 Å². The fourth-order valence-electron chi connectivity index (χ4n) is 2.60. The van der Waals surface area contributed by atoms with Crippen LogP contribution in [0.15, 0.2) is 30.5 Å². The summed E-state index contributed by atoms with van der Waals surface area (Å²) in [6, 6.07) is 8.00. The van der Waals surface area contributed by atoms with E-state index >= 15 is 0 Å². The number of hydrogen-bond donors (Lipinski definition) is 0. The Labute approximate surface area is 113 Å². The summed E-state index contributed by atoms with van der Waals surface area (Å²) >= 11 is 6.19. The number of benzene rings is 1. The van der Waals surface area contributed by atoms with Gasteiger partial charge in [0, 0.05) is 30.6 Å². The van der Waals surface area contributed by atoms with Gasteiger partial charge in [-0.2, -0.15) is 0 Å². The highest BCUT2D eigenvalue weighted by Crippen LogP contribution is 2.22. The third-order valence-electron chi connectivity index (χ3n) is 3.61. The summed E-state index contributed by atoms with van der Waals surface area (Å²) in [6.45, 7) is 3.40. The maximum Gasteiger partial charge on any atom is 0.108 e. The molecule has 1 atom stereocenters. The molecule has 0 saturated carbocycles. The Morgan fingerprint density at radius 3 is 3.06 bits per heavy atom. The topological polar surface area (TPSA) is 17.8 Å². The number of fused-ring (bicyclic) bond motifs is 1. The summed E-state index contributed by atoms with van der Waals surface area (Å²) in [4.78, 5) is 4.73. The second kappa shape index (κ2) is 4.77. The summed E-state index contributed by atoms with van der Waals surface area (Å²) in [5.41, 5.74) is 2.29. The zero-order chi connectivity index (χ0) is 12.5. The Balaban J connectivity index is 1.84. The van der Waals surface area contributed by atoms with Gasteiger partial charge in [0.25, 0.3) is 0 Å². The average Bonchev–Trinajstić information content (AvgIpc) is 2.73. The van der Waals surface area contributed by atoms with Gasteiger partial charge in [0.05, 0.1) is 5.69 Å². The van der Waals surface area contributed by atoms with Gasteiger partial charge in [0.1, 0.15) is 5.82 Å². The van der Waals surface area contributed by atoms with E-state index in [4.69, 9.17) is 16.6 Å². The highest BCUT2D eigenvalue weighted by atomic mass is 35.5. The molecular weight excluding hydrogens is 244 g/mol. The summed E-state index contributed by atoms with van der Waals surface area (Å²) in [7, 11) is 0. The van der Waals surface area contributed by atoms with E-state index in [9.17, 15) is 0 Å².